The lowest BCUT2D eigenvalue weighted by Crippen LogP contribution is -2.61. The lowest BCUT2D eigenvalue weighted by atomic mass is 9.83. The summed E-state index contributed by atoms with van der Waals surface area (Å²) < 4.78 is 25.3. The number of benzene rings is 3. The van der Waals surface area contributed by atoms with Crippen LogP contribution in [0.4, 0.5) is 21.5 Å². The number of piperazine rings is 1. The number of carbonyl (C=O) groups is 1. The lowest BCUT2D eigenvalue weighted by molar-refractivity contribution is -0.384. The van der Waals surface area contributed by atoms with Crippen molar-refractivity contribution in [3.05, 3.63) is 87.7 Å². The van der Waals surface area contributed by atoms with Gasteiger partial charge in [0.15, 0.2) is 11.5 Å². The molecule has 5 rings (SSSR count). The number of anilines is 2. The Morgan fingerprint density at radius 1 is 1.05 bits per heavy atom. The second kappa shape index (κ2) is 11.2. The molecular formula is C29H31FN4O5. The third kappa shape index (κ3) is 5.32. The first-order valence-electron chi connectivity index (χ1n) is 12.9. The minimum Gasteiger partial charge on any atom is -0.493 e. The van der Waals surface area contributed by atoms with Crippen LogP contribution in [0, 0.1) is 21.8 Å². The number of non-ortho nitro benzene ring substituents is 1. The molecule has 1 saturated heterocycles. The Balaban J connectivity index is 1.36. The average molecular weight is 535 g/mol. The number of fused-ring (bicyclic) bond motifs is 3. The number of nitrogens with one attached hydrogen (secondary N) is 1. The minimum absolute atomic E-state index is 0.00445. The first-order chi connectivity index (χ1) is 18.9. The average Bonchev–Trinajstić information content (AvgIpc) is 2.96. The van der Waals surface area contributed by atoms with Gasteiger partial charge in [0.1, 0.15) is 5.82 Å². The molecule has 0 saturated carbocycles. The van der Waals surface area contributed by atoms with Crippen LogP contribution in [0.3, 0.4) is 0 Å². The second-order valence-corrected chi connectivity index (χ2v) is 9.77. The van der Waals surface area contributed by atoms with Gasteiger partial charge in [-0.05, 0) is 54.3 Å². The van der Waals surface area contributed by atoms with Gasteiger partial charge in [0, 0.05) is 44.0 Å². The Labute approximate surface area is 226 Å². The van der Waals surface area contributed by atoms with Gasteiger partial charge in [-0.1, -0.05) is 18.2 Å². The zero-order chi connectivity index (χ0) is 27.5. The molecule has 1 fully saturated rings. The molecule has 3 aromatic rings. The zero-order valence-corrected chi connectivity index (χ0v) is 21.9. The van der Waals surface area contributed by atoms with Gasteiger partial charge in [-0.15, -0.1) is 0 Å². The number of carbonyl (C=O) groups excluding carboxylic acids is 1. The van der Waals surface area contributed by atoms with Crippen LogP contribution >= 0.6 is 0 Å². The smallest absolute Gasteiger partial charge is 0.269 e. The summed E-state index contributed by atoms with van der Waals surface area (Å²) in [5.41, 5.74) is 3.18. The maximum Gasteiger partial charge on any atom is 0.269 e. The Bertz CT molecular complexity index is 1380. The Morgan fingerprint density at radius 3 is 2.59 bits per heavy atom. The summed E-state index contributed by atoms with van der Waals surface area (Å²) in [6.45, 7) is 2.02. The van der Waals surface area contributed by atoms with Gasteiger partial charge in [-0.2, -0.15) is 0 Å². The van der Waals surface area contributed by atoms with Crippen LogP contribution in [-0.4, -0.2) is 57.3 Å². The van der Waals surface area contributed by atoms with Gasteiger partial charge in [-0.25, -0.2) is 4.39 Å². The fourth-order valence-electron chi connectivity index (χ4n) is 5.65. The van der Waals surface area contributed by atoms with E-state index in [-0.39, 0.29) is 23.5 Å². The number of halogens is 1. The molecule has 1 amide bonds. The molecule has 2 aliphatic rings. The first-order valence-corrected chi connectivity index (χ1v) is 12.9. The first kappa shape index (κ1) is 26.3. The fraction of sp³-hybridized carbons (Fsp3) is 0.345. The summed E-state index contributed by atoms with van der Waals surface area (Å²) in [7, 11) is 3.16. The highest BCUT2D eigenvalue weighted by molar-refractivity contribution is 5.82. The molecule has 0 radical (unpaired) electrons. The van der Waals surface area contributed by atoms with E-state index in [9.17, 15) is 19.3 Å². The van der Waals surface area contributed by atoms with Crippen molar-refractivity contribution in [1.82, 2.24) is 5.32 Å². The molecule has 39 heavy (non-hydrogen) atoms. The van der Waals surface area contributed by atoms with Gasteiger partial charge in [0.05, 0.1) is 36.8 Å². The number of nitrogens with zero attached hydrogens (tertiary/aromatic N) is 3. The predicted molar refractivity (Wildman–Crippen MR) is 146 cm³/mol. The maximum atomic E-state index is 14.6. The van der Waals surface area contributed by atoms with Crippen molar-refractivity contribution in [3.63, 3.8) is 0 Å². The molecule has 1 N–H and O–H groups in total. The van der Waals surface area contributed by atoms with Crippen molar-refractivity contribution in [2.75, 3.05) is 50.2 Å². The van der Waals surface area contributed by atoms with E-state index in [1.54, 1.807) is 44.6 Å². The molecule has 2 aliphatic heterocycles. The van der Waals surface area contributed by atoms with Crippen molar-refractivity contribution in [2.45, 2.75) is 18.9 Å². The summed E-state index contributed by atoms with van der Waals surface area (Å²) >= 11 is 0. The topological polar surface area (TPSA) is 97.2 Å². The van der Waals surface area contributed by atoms with Gasteiger partial charge >= 0.3 is 0 Å². The SMILES string of the molecule is COc1ccc(CCNC(=O)C2Cc3cc([N+](=O)[O-])ccc3N3CCN(c4ccccc4F)CC23)cc1OC. The summed E-state index contributed by atoms with van der Waals surface area (Å²) in [5.74, 6) is 0.376. The largest absolute Gasteiger partial charge is 0.493 e. The van der Waals surface area contributed by atoms with Crippen LogP contribution in [-0.2, 0) is 17.6 Å². The van der Waals surface area contributed by atoms with Crippen molar-refractivity contribution in [2.24, 2.45) is 5.92 Å². The van der Waals surface area contributed by atoms with Crippen LogP contribution in [0.1, 0.15) is 11.1 Å². The molecule has 3 aromatic carbocycles. The molecule has 0 spiro atoms. The summed E-state index contributed by atoms with van der Waals surface area (Å²) in [4.78, 5) is 28.7. The highest BCUT2D eigenvalue weighted by Gasteiger charge is 2.42. The quantitative estimate of drug-likeness (QED) is 0.345. The Morgan fingerprint density at radius 2 is 1.85 bits per heavy atom. The molecule has 0 aliphatic carbocycles. The maximum absolute atomic E-state index is 14.6. The number of nitro benzene ring substituents is 1. The third-order valence-electron chi connectivity index (χ3n) is 7.60. The summed E-state index contributed by atoms with van der Waals surface area (Å²) in [5, 5.41) is 14.5. The normalized spacial score (nSPS) is 18.1. The van der Waals surface area contributed by atoms with E-state index in [4.69, 9.17) is 9.47 Å². The highest BCUT2D eigenvalue weighted by atomic mass is 19.1. The molecule has 0 aromatic heterocycles. The number of rotatable bonds is 8. The van der Waals surface area contributed by atoms with Gasteiger partial charge < -0.3 is 24.6 Å². The van der Waals surface area contributed by atoms with Gasteiger partial charge in [0.25, 0.3) is 5.69 Å². The highest BCUT2D eigenvalue weighted by Crippen LogP contribution is 2.39. The van der Waals surface area contributed by atoms with E-state index in [0.717, 1.165) is 16.8 Å². The number of amides is 1. The van der Waals surface area contributed by atoms with E-state index in [1.165, 1.54) is 12.1 Å². The lowest BCUT2D eigenvalue weighted by Gasteiger charge is -2.49. The third-order valence-corrected chi connectivity index (χ3v) is 7.60. The van der Waals surface area contributed by atoms with E-state index in [0.29, 0.717) is 56.2 Å². The van der Waals surface area contributed by atoms with Crippen LogP contribution in [0.15, 0.2) is 60.7 Å². The fourth-order valence-corrected chi connectivity index (χ4v) is 5.65. The Hall–Kier alpha value is -4.34. The van der Waals surface area contributed by atoms with E-state index >= 15 is 0 Å². The number of methoxy groups -OCH3 is 2. The van der Waals surface area contributed by atoms with Crippen LogP contribution in [0.2, 0.25) is 0 Å². The zero-order valence-electron chi connectivity index (χ0n) is 21.9. The monoisotopic (exact) mass is 534 g/mol. The molecule has 0 bridgehead atoms. The number of para-hydroxylation sites is 1. The standard InChI is InChI=1S/C29H31FN4O5/c1-38-27-10-7-19(15-28(27)39-2)11-12-31-29(35)22-17-20-16-21(34(36)37)8-9-24(20)33-14-13-32(18-26(22)33)25-6-4-3-5-23(25)30/h3-10,15-16,22,26H,11-14,17-18H2,1-2H3,(H,31,35). The number of nitro groups is 1. The molecular weight excluding hydrogens is 503 g/mol. The van der Waals surface area contributed by atoms with Crippen LogP contribution in [0.25, 0.3) is 0 Å². The number of ether oxygens (including phenoxy) is 2. The van der Waals surface area contributed by atoms with E-state index < -0.39 is 10.8 Å². The van der Waals surface area contributed by atoms with Crippen molar-refractivity contribution in [1.29, 1.82) is 0 Å². The number of hydrogen-bond acceptors (Lipinski definition) is 7. The molecule has 204 valence electrons. The van der Waals surface area contributed by atoms with E-state index in [1.807, 2.05) is 23.1 Å². The molecule has 2 heterocycles. The molecule has 9 nitrogen and oxygen atoms in total. The van der Waals surface area contributed by atoms with Crippen molar-refractivity contribution >= 4 is 23.0 Å². The molecule has 2 atom stereocenters. The predicted octanol–water partition coefficient (Wildman–Crippen LogP) is 3.98. The van der Waals surface area contributed by atoms with Crippen LogP contribution < -0.4 is 24.6 Å². The van der Waals surface area contributed by atoms with Crippen LogP contribution in [0.5, 0.6) is 11.5 Å². The van der Waals surface area contributed by atoms with E-state index in [2.05, 4.69) is 10.2 Å². The second-order valence-electron chi connectivity index (χ2n) is 9.77. The molecule has 2 unspecified atom stereocenters. The summed E-state index contributed by atoms with van der Waals surface area (Å²) in [6, 6.07) is 16.9. The number of hydrogen-bond donors (Lipinski definition) is 1. The molecule has 10 heteroatoms. The van der Waals surface area contributed by atoms with Crippen molar-refractivity contribution in [3.8, 4) is 11.5 Å². The van der Waals surface area contributed by atoms with Gasteiger partial charge in [0.2, 0.25) is 5.91 Å². The van der Waals surface area contributed by atoms with Crippen molar-refractivity contribution < 1.29 is 23.6 Å². The summed E-state index contributed by atoms with van der Waals surface area (Å²) in [6.07, 6.45) is 0.960. The Kier molecular flexibility index (Phi) is 7.53. The van der Waals surface area contributed by atoms with Gasteiger partial charge in [-0.3, -0.25) is 14.9 Å². The minimum atomic E-state index is -0.459.